The molecule has 1 atom stereocenters. The molecule has 0 aliphatic carbocycles. The molecule has 3 rings (SSSR count). The fourth-order valence-electron chi connectivity index (χ4n) is 2.53. The van der Waals surface area contributed by atoms with Gasteiger partial charge in [0.15, 0.2) is 0 Å². The molecule has 4 heteroatoms. The summed E-state index contributed by atoms with van der Waals surface area (Å²) in [5.74, 6) is 0.928. The topological polar surface area (TPSA) is 35.4 Å². The van der Waals surface area contributed by atoms with Gasteiger partial charge in [-0.1, -0.05) is 0 Å². The van der Waals surface area contributed by atoms with Gasteiger partial charge in [0.1, 0.15) is 5.75 Å². The summed E-state index contributed by atoms with van der Waals surface area (Å²) in [5.41, 5.74) is 2.39. The Morgan fingerprint density at radius 2 is 2.33 bits per heavy atom. The summed E-state index contributed by atoms with van der Waals surface area (Å²) in [7, 11) is 3.78. The molecule has 0 radical (unpaired) electrons. The minimum atomic E-state index is 0.216. The van der Waals surface area contributed by atoms with Crippen LogP contribution in [0.5, 0.6) is 5.75 Å². The van der Waals surface area contributed by atoms with Gasteiger partial charge in [-0.2, -0.15) is 0 Å². The molecule has 4 nitrogen and oxygen atoms in total. The lowest BCUT2D eigenvalue weighted by atomic mass is 10.0. The molecule has 96 valence electrons. The highest BCUT2D eigenvalue weighted by molar-refractivity contribution is 5.83. The maximum Gasteiger partial charge on any atom is 0.124 e. The summed E-state index contributed by atoms with van der Waals surface area (Å²) in [6, 6.07) is 6.61. The molecule has 1 aromatic heterocycles. The van der Waals surface area contributed by atoms with Crippen LogP contribution in [0.1, 0.15) is 11.6 Å². The van der Waals surface area contributed by atoms with Crippen molar-refractivity contribution in [3.05, 3.63) is 30.0 Å². The van der Waals surface area contributed by atoms with Crippen molar-refractivity contribution in [2.45, 2.75) is 6.04 Å². The van der Waals surface area contributed by atoms with Crippen LogP contribution < -0.4 is 10.1 Å². The molecule has 1 unspecified atom stereocenters. The van der Waals surface area contributed by atoms with Crippen molar-refractivity contribution in [1.29, 1.82) is 0 Å². The lowest BCUT2D eigenvalue weighted by Crippen LogP contribution is -2.34. The average molecular weight is 246 g/mol. The number of ether oxygens (including phenoxy) is 2. The van der Waals surface area contributed by atoms with Gasteiger partial charge in [-0.15, -0.1) is 0 Å². The van der Waals surface area contributed by atoms with E-state index in [4.69, 9.17) is 9.47 Å². The molecule has 2 aromatic rings. The van der Waals surface area contributed by atoms with Crippen molar-refractivity contribution in [1.82, 2.24) is 9.88 Å². The third kappa shape index (κ3) is 1.87. The Bertz CT molecular complexity index is 556. The molecule has 0 saturated carbocycles. The molecule has 0 spiro atoms. The molecule has 18 heavy (non-hydrogen) atoms. The molecule has 0 amide bonds. The summed E-state index contributed by atoms with van der Waals surface area (Å²) in [6.45, 7) is 2.37. The van der Waals surface area contributed by atoms with Crippen LogP contribution >= 0.6 is 0 Å². The largest absolute Gasteiger partial charge is 0.496 e. The Morgan fingerprint density at radius 3 is 3.06 bits per heavy atom. The summed E-state index contributed by atoms with van der Waals surface area (Å²) < 4.78 is 13.2. The number of nitrogens with zero attached hydrogens (tertiary/aromatic N) is 1. The Kier molecular flexibility index (Phi) is 2.97. The first-order valence-electron chi connectivity index (χ1n) is 6.23. The summed E-state index contributed by atoms with van der Waals surface area (Å²) in [4.78, 5) is 0. The smallest absolute Gasteiger partial charge is 0.124 e. The van der Waals surface area contributed by atoms with E-state index < -0.39 is 0 Å². The van der Waals surface area contributed by atoms with Crippen molar-refractivity contribution in [3.63, 3.8) is 0 Å². The molecule has 2 heterocycles. The molecular weight excluding hydrogens is 228 g/mol. The third-order valence-corrected chi connectivity index (χ3v) is 3.53. The van der Waals surface area contributed by atoms with Crippen LogP contribution in [0, 0.1) is 0 Å². The van der Waals surface area contributed by atoms with Crippen molar-refractivity contribution < 1.29 is 9.47 Å². The lowest BCUT2D eigenvalue weighted by Gasteiger charge is -2.25. The molecular formula is C14H18N2O2. The fourth-order valence-corrected chi connectivity index (χ4v) is 2.53. The number of hydrogen-bond donors (Lipinski definition) is 1. The molecule has 1 aliphatic rings. The molecule has 0 bridgehead atoms. The molecule has 1 fully saturated rings. The second-order valence-electron chi connectivity index (χ2n) is 4.66. The van der Waals surface area contributed by atoms with Crippen LogP contribution in [0.2, 0.25) is 0 Å². The van der Waals surface area contributed by atoms with E-state index in [1.165, 1.54) is 16.5 Å². The highest BCUT2D eigenvalue weighted by Crippen LogP contribution is 2.31. The van der Waals surface area contributed by atoms with E-state index in [2.05, 4.69) is 41.3 Å². The summed E-state index contributed by atoms with van der Waals surface area (Å²) in [5, 5.41) is 4.68. The van der Waals surface area contributed by atoms with Crippen LogP contribution in [0.4, 0.5) is 0 Å². The van der Waals surface area contributed by atoms with Gasteiger partial charge in [0, 0.05) is 36.3 Å². The number of rotatable bonds is 2. The zero-order valence-corrected chi connectivity index (χ0v) is 10.8. The first kappa shape index (κ1) is 11.6. The van der Waals surface area contributed by atoms with Crippen molar-refractivity contribution in [3.8, 4) is 5.75 Å². The van der Waals surface area contributed by atoms with Crippen LogP contribution in [-0.2, 0) is 11.8 Å². The van der Waals surface area contributed by atoms with Gasteiger partial charge in [-0.25, -0.2) is 0 Å². The van der Waals surface area contributed by atoms with Crippen LogP contribution in [0.25, 0.3) is 10.9 Å². The number of methoxy groups -OCH3 is 1. The second-order valence-corrected chi connectivity index (χ2v) is 4.66. The Morgan fingerprint density at radius 1 is 1.44 bits per heavy atom. The summed E-state index contributed by atoms with van der Waals surface area (Å²) >= 11 is 0. The van der Waals surface area contributed by atoms with Gasteiger partial charge in [0.25, 0.3) is 0 Å². The highest BCUT2D eigenvalue weighted by Gasteiger charge is 2.20. The molecule has 1 N–H and O–H groups in total. The minimum absolute atomic E-state index is 0.216. The number of fused-ring (bicyclic) bond motifs is 1. The van der Waals surface area contributed by atoms with Crippen LogP contribution in [-0.4, -0.2) is 31.4 Å². The zero-order valence-electron chi connectivity index (χ0n) is 10.8. The normalized spacial score (nSPS) is 20.2. The number of nitrogens with one attached hydrogen (secondary N) is 1. The SMILES string of the molecule is COc1cc2ccn(C)c2cc1C1COCCN1. The first-order chi connectivity index (χ1) is 8.79. The molecule has 1 aliphatic heterocycles. The van der Waals surface area contributed by atoms with E-state index in [1.54, 1.807) is 7.11 Å². The number of benzene rings is 1. The first-order valence-corrected chi connectivity index (χ1v) is 6.23. The van der Waals surface area contributed by atoms with E-state index in [-0.39, 0.29) is 6.04 Å². The minimum Gasteiger partial charge on any atom is -0.496 e. The predicted molar refractivity (Wildman–Crippen MR) is 71.0 cm³/mol. The number of hydrogen-bond acceptors (Lipinski definition) is 3. The van der Waals surface area contributed by atoms with Crippen molar-refractivity contribution >= 4 is 10.9 Å². The maximum atomic E-state index is 5.53. The standard InChI is InChI=1S/C14H18N2O2/c1-16-5-3-10-7-14(17-2)11(8-13(10)16)12-9-18-6-4-15-12/h3,5,7-8,12,15H,4,6,9H2,1-2H3. The number of aryl methyl sites for hydroxylation is 1. The number of aromatic nitrogens is 1. The third-order valence-electron chi connectivity index (χ3n) is 3.53. The van der Waals surface area contributed by atoms with Crippen LogP contribution in [0.15, 0.2) is 24.4 Å². The summed E-state index contributed by atoms with van der Waals surface area (Å²) in [6.07, 6.45) is 2.07. The van der Waals surface area contributed by atoms with Gasteiger partial charge in [-0.05, 0) is 18.2 Å². The van der Waals surface area contributed by atoms with E-state index in [0.29, 0.717) is 6.61 Å². The van der Waals surface area contributed by atoms with Gasteiger partial charge in [0.2, 0.25) is 0 Å². The average Bonchev–Trinajstić information content (AvgIpc) is 2.79. The van der Waals surface area contributed by atoms with E-state index in [9.17, 15) is 0 Å². The van der Waals surface area contributed by atoms with Gasteiger partial charge < -0.3 is 19.4 Å². The van der Waals surface area contributed by atoms with Crippen molar-refractivity contribution in [2.24, 2.45) is 7.05 Å². The van der Waals surface area contributed by atoms with E-state index in [1.807, 2.05) is 0 Å². The maximum absolute atomic E-state index is 5.53. The Labute approximate surface area is 106 Å². The van der Waals surface area contributed by atoms with Crippen LogP contribution in [0.3, 0.4) is 0 Å². The Balaban J connectivity index is 2.09. The molecule has 1 aromatic carbocycles. The zero-order chi connectivity index (χ0) is 12.5. The van der Waals surface area contributed by atoms with E-state index in [0.717, 1.165) is 18.9 Å². The van der Waals surface area contributed by atoms with Gasteiger partial charge in [0.05, 0.1) is 26.4 Å². The number of morpholine rings is 1. The quantitative estimate of drug-likeness (QED) is 0.878. The Hall–Kier alpha value is -1.52. The monoisotopic (exact) mass is 246 g/mol. The highest BCUT2D eigenvalue weighted by atomic mass is 16.5. The van der Waals surface area contributed by atoms with Gasteiger partial charge >= 0.3 is 0 Å². The van der Waals surface area contributed by atoms with E-state index >= 15 is 0 Å². The molecule has 1 saturated heterocycles. The van der Waals surface area contributed by atoms with Gasteiger partial charge in [-0.3, -0.25) is 0 Å². The lowest BCUT2D eigenvalue weighted by molar-refractivity contribution is 0.0761. The predicted octanol–water partition coefficient (Wildman–Crippen LogP) is 1.85. The second kappa shape index (κ2) is 4.63. The van der Waals surface area contributed by atoms with Crippen molar-refractivity contribution in [2.75, 3.05) is 26.9 Å². The fraction of sp³-hybridized carbons (Fsp3) is 0.429.